The second-order valence-electron chi connectivity index (χ2n) is 2.83. The molecule has 0 saturated carbocycles. The van der Waals surface area contributed by atoms with Crippen molar-refractivity contribution in [1.29, 1.82) is 0 Å². The summed E-state index contributed by atoms with van der Waals surface area (Å²) in [5, 5.41) is 11.8. The molecule has 0 bridgehead atoms. The second kappa shape index (κ2) is 2.20. The maximum atomic E-state index is 11.1. The van der Waals surface area contributed by atoms with Gasteiger partial charge in [-0.15, -0.1) is 0 Å². The van der Waals surface area contributed by atoms with E-state index in [4.69, 9.17) is 0 Å². The van der Waals surface area contributed by atoms with Crippen molar-refractivity contribution >= 4 is 5.91 Å². The van der Waals surface area contributed by atoms with Crippen LogP contribution in [0.2, 0.25) is 0 Å². The van der Waals surface area contributed by atoms with Gasteiger partial charge in [0.2, 0.25) is 5.91 Å². The molecular formula is C8H9NO2. The van der Waals surface area contributed by atoms with Crippen LogP contribution in [0.1, 0.15) is 0 Å². The molecule has 58 valence electrons. The van der Waals surface area contributed by atoms with Crippen molar-refractivity contribution in [3.05, 3.63) is 24.3 Å². The van der Waals surface area contributed by atoms with Gasteiger partial charge in [-0.05, 0) is 0 Å². The van der Waals surface area contributed by atoms with E-state index in [1.807, 2.05) is 24.3 Å². The number of aliphatic hydroxyl groups is 1. The summed E-state index contributed by atoms with van der Waals surface area (Å²) in [6.45, 7) is 0. The van der Waals surface area contributed by atoms with Crippen molar-refractivity contribution in [2.75, 3.05) is 0 Å². The van der Waals surface area contributed by atoms with Gasteiger partial charge in [0.25, 0.3) is 0 Å². The first kappa shape index (κ1) is 6.61. The largest absolute Gasteiger partial charge is 0.373 e. The van der Waals surface area contributed by atoms with Crippen molar-refractivity contribution in [2.45, 2.75) is 6.23 Å². The molecule has 2 N–H and O–H groups in total. The van der Waals surface area contributed by atoms with Crippen LogP contribution < -0.4 is 5.32 Å². The number of rotatable bonds is 0. The van der Waals surface area contributed by atoms with Gasteiger partial charge in [-0.3, -0.25) is 4.79 Å². The molecule has 1 aliphatic heterocycles. The topological polar surface area (TPSA) is 49.3 Å². The van der Waals surface area contributed by atoms with Crippen molar-refractivity contribution in [3.8, 4) is 0 Å². The number of aliphatic hydroxyl groups excluding tert-OH is 1. The Morgan fingerprint density at radius 3 is 2.82 bits per heavy atom. The van der Waals surface area contributed by atoms with Crippen LogP contribution >= 0.6 is 0 Å². The maximum Gasteiger partial charge on any atom is 0.229 e. The summed E-state index contributed by atoms with van der Waals surface area (Å²) >= 11 is 0. The zero-order valence-electron chi connectivity index (χ0n) is 5.90. The lowest BCUT2D eigenvalue weighted by molar-refractivity contribution is -0.122. The Hall–Kier alpha value is -1.09. The molecule has 0 radical (unpaired) electrons. The molecule has 0 spiro atoms. The van der Waals surface area contributed by atoms with Gasteiger partial charge in [0, 0.05) is 5.92 Å². The van der Waals surface area contributed by atoms with Gasteiger partial charge < -0.3 is 10.4 Å². The minimum absolute atomic E-state index is 0.0625. The molecular weight excluding hydrogens is 142 g/mol. The summed E-state index contributed by atoms with van der Waals surface area (Å²) in [5.41, 5.74) is 0. The van der Waals surface area contributed by atoms with Crippen LogP contribution in [0.15, 0.2) is 24.3 Å². The third-order valence-electron chi connectivity index (χ3n) is 2.14. The molecule has 1 amide bonds. The molecule has 3 heteroatoms. The standard InChI is InChI=1S/C8H9NO2/c10-7-5-3-1-2-4-6(5)8(11)9-7/h1-7,10H,(H,9,11). The Balaban J connectivity index is 2.29. The summed E-state index contributed by atoms with van der Waals surface area (Å²) in [6, 6.07) is 0. The Bertz CT molecular complexity index is 244. The highest BCUT2D eigenvalue weighted by Gasteiger charge is 2.38. The van der Waals surface area contributed by atoms with Crippen LogP contribution in [0.3, 0.4) is 0 Å². The zero-order chi connectivity index (χ0) is 7.84. The van der Waals surface area contributed by atoms with Gasteiger partial charge in [0.1, 0.15) is 6.23 Å². The van der Waals surface area contributed by atoms with Gasteiger partial charge in [0.15, 0.2) is 0 Å². The molecule has 3 atom stereocenters. The molecule has 11 heavy (non-hydrogen) atoms. The molecule has 0 aromatic rings. The first-order valence-corrected chi connectivity index (χ1v) is 3.62. The van der Waals surface area contributed by atoms with E-state index in [2.05, 4.69) is 5.32 Å². The van der Waals surface area contributed by atoms with E-state index >= 15 is 0 Å². The quantitative estimate of drug-likeness (QED) is 0.503. The average molecular weight is 151 g/mol. The summed E-state index contributed by atoms with van der Waals surface area (Å²) in [7, 11) is 0. The van der Waals surface area contributed by atoms with E-state index in [1.165, 1.54) is 0 Å². The highest BCUT2D eigenvalue weighted by molar-refractivity contribution is 5.84. The van der Waals surface area contributed by atoms with Crippen molar-refractivity contribution in [1.82, 2.24) is 5.32 Å². The number of fused-ring (bicyclic) bond motifs is 1. The number of hydrogen-bond acceptors (Lipinski definition) is 2. The minimum Gasteiger partial charge on any atom is -0.373 e. The lowest BCUT2D eigenvalue weighted by atomic mass is 9.90. The SMILES string of the molecule is O=C1NC(O)C2C=CC=CC12. The van der Waals surface area contributed by atoms with Gasteiger partial charge in [-0.2, -0.15) is 0 Å². The van der Waals surface area contributed by atoms with E-state index in [1.54, 1.807) is 0 Å². The third kappa shape index (κ3) is 0.886. The lowest BCUT2D eigenvalue weighted by Gasteiger charge is -2.13. The van der Waals surface area contributed by atoms with Crippen LogP contribution in [0.4, 0.5) is 0 Å². The van der Waals surface area contributed by atoms with Crippen LogP contribution in [-0.4, -0.2) is 17.2 Å². The molecule has 0 aromatic carbocycles. The van der Waals surface area contributed by atoms with Gasteiger partial charge in [0.05, 0.1) is 5.92 Å². The highest BCUT2D eigenvalue weighted by Crippen LogP contribution is 2.27. The van der Waals surface area contributed by atoms with Gasteiger partial charge >= 0.3 is 0 Å². The molecule has 3 nitrogen and oxygen atoms in total. The molecule has 2 aliphatic rings. The fourth-order valence-electron chi connectivity index (χ4n) is 1.53. The van der Waals surface area contributed by atoms with Gasteiger partial charge in [-0.1, -0.05) is 24.3 Å². The smallest absolute Gasteiger partial charge is 0.229 e. The van der Waals surface area contributed by atoms with Crippen molar-refractivity contribution in [2.24, 2.45) is 11.8 Å². The molecule has 3 unspecified atom stereocenters. The van der Waals surface area contributed by atoms with E-state index < -0.39 is 6.23 Å². The Morgan fingerprint density at radius 1 is 1.36 bits per heavy atom. The van der Waals surface area contributed by atoms with E-state index in [0.29, 0.717) is 0 Å². The predicted molar refractivity (Wildman–Crippen MR) is 39.4 cm³/mol. The summed E-state index contributed by atoms with van der Waals surface area (Å²) in [4.78, 5) is 11.1. The molecule has 1 heterocycles. The molecule has 1 saturated heterocycles. The van der Waals surface area contributed by atoms with Crippen molar-refractivity contribution in [3.63, 3.8) is 0 Å². The molecule has 1 aliphatic carbocycles. The number of hydrogen-bond donors (Lipinski definition) is 2. The highest BCUT2D eigenvalue weighted by atomic mass is 16.3. The van der Waals surface area contributed by atoms with Gasteiger partial charge in [-0.25, -0.2) is 0 Å². The average Bonchev–Trinajstić information content (AvgIpc) is 2.30. The fraction of sp³-hybridized carbons (Fsp3) is 0.375. The third-order valence-corrected chi connectivity index (χ3v) is 2.14. The Kier molecular flexibility index (Phi) is 1.32. The van der Waals surface area contributed by atoms with Crippen LogP contribution in [0.25, 0.3) is 0 Å². The summed E-state index contributed by atoms with van der Waals surface area (Å²) < 4.78 is 0. The van der Waals surface area contributed by atoms with Crippen LogP contribution in [-0.2, 0) is 4.79 Å². The zero-order valence-corrected chi connectivity index (χ0v) is 5.90. The van der Waals surface area contributed by atoms with Crippen LogP contribution in [0, 0.1) is 11.8 Å². The molecule has 0 aromatic heterocycles. The van der Waals surface area contributed by atoms with Crippen molar-refractivity contribution < 1.29 is 9.90 Å². The van der Waals surface area contributed by atoms with Crippen LogP contribution in [0.5, 0.6) is 0 Å². The molecule has 2 rings (SSSR count). The molecule has 1 fully saturated rings. The van der Waals surface area contributed by atoms with E-state index in [9.17, 15) is 9.90 Å². The number of nitrogens with one attached hydrogen (secondary N) is 1. The number of allylic oxidation sites excluding steroid dienone is 2. The number of carbonyl (C=O) groups is 1. The Labute approximate surface area is 64.4 Å². The first-order chi connectivity index (χ1) is 5.29. The normalized spacial score (nSPS) is 40.5. The monoisotopic (exact) mass is 151 g/mol. The predicted octanol–water partition coefficient (Wildman–Crippen LogP) is -0.207. The lowest BCUT2D eigenvalue weighted by Crippen LogP contribution is -2.27. The fourth-order valence-corrected chi connectivity index (χ4v) is 1.53. The number of amides is 1. The minimum atomic E-state index is -0.700. The second-order valence-corrected chi connectivity index (χ2v) is 2.83. The first-order valence-electron chi connectivity index (χ1n) is 3.62. The summed E-state index contributed by atoms with van der Waals surface area (Å²) in [6.07, 6.45) is 6.65. The maximum absolute atomic E-state index is 11.1. The summed E-state index contributed by atoms with van der Waals surface area (Å²) in [5.74, 6) is -0.300. The number of carbonyl (C=O) groups excluding carboxylic acids is 1. The van der Waals surface area contributed by atoms with E-state index in [0.717, 1.165) is 0 Å². The van der Waals surface area contributed by atoms with E-state index in [-0.39, 0.29) is 17.7 Å². The Morgan fingerprint density at radius 2 is 2.09 bits per heavy atom.